The quantitative estimate of drug-likeness (QED) is 0.725. The lowest BCUT2D eigenvalue weighted by Crippen LogP contribution is -2.55. The topological polar surface area (TPSA) is 82.6 Å². The summed E-state index contributed by atoms with van der Waals surface area (Å²) in [6.45, 7) is 5.38. The first-order chi connectivity index (χ1) is 15.3. The van der Waals surface area contributed by atoms with Gasteiger partial charge in [0.1, 0.15) is 11.4 Å². The fourth-order valence-corrected chi connectivity index (χ4v) is 4.79. The average molecular weight is 439 g/mol. The number of benzene rings is 1. The van der Waals surface area contributed by atoms with Crippen LogP contribution in [0.1, 0.15) is 32.4 Å². The number of halogens is 1. The van der Waals surface area contributed by atoms with E-state index in [9.17, 15) is 18.8 Å². The summed E-state index contributed by atoms with van der Waals surface area (Å²) in [4.78, 5) is 46.4. The molecule has 168 valence electrons. The molecule has 2 aliphatic rings. The number of Topliss-reactive ketones (excluding diaryl/α,β-unsaturated/α-hetero) is 1. The molecule has 7 nitrogen and oxygen atoms in total. The van der Waals surface area contributed by atoms with Crippen LogP contribution in [0, 0.1) is 11.7 Å². The minimum atomic E-state index is -1.28. The summed E-state index contributed by atoms with van der Waals surface area (Å²) in [5.41, 5.74) is -0.0200. The maximum Gasteiger partial charge on any atom is 0.228 e. The van der Waals surface area contributed by atoms with Gasteiger partial charge in [0, 0.05) is 43.5 Å². The molecular weight excluding hydrogens is 411 g/mol. The molecule has 1 aromatic heterocycles. The molecular formula is C24H27FN4O3. The maximum absolute atomic E-state index is 13.6. The fourth-order valence-electron chi connectivity index (χ4n) is 4.79. The Bertz CT molecular complexity index is 1030. The number of anilines is 1. The molecule has 4 rings (SSSR count). The van der Waals surface area contributed by atoms with Crippen molar-refractivity contribution in [2.75, 3.05) is 24.5 Å². The molecule has 32 heavy (non-hydrogen) atoms. The smallest absolute Gasteiger partial charge is 0.228 e. The highest BCUT2D eigenvalue weighted by Crippen LogP contribution is 2.34. The number of carbonyl (C=O) groups is 3. The van der Waals surface area contributed by atoms with Gasteiger partial charge in [-0.3, -0.25) is 19.4 Å². The number of rotatable bonds is 5. The molecule has 2 fully saturated rings. The summed E-state index contributed by atoms with van der Waals surface area (Å²) in [5, 5.41) is 2.80. The average Bonchev–Trinajstić information content (AvgIpc) is 3.07. The van der Waals surface area contributed by atoms with Gasteiger partial charge in [-0.05, 0) is 43.7 Å². The Hall–Kier alpha value is -3.29. The third-order valence-electron chi connectivity index (χ3n) is 6.37. The Morgan fingerprint density at radius 1 is 1.25 bits per heavy atom. The van der Waals surface area contributed by atoms with E-state index in [2.05, 4.69) is 15.2 Å². The van der Waals surface area contributed by atoms with Crippen molar-refractivity contribution in [3.63, 3.8) is 0 Å². The van der Waals surface area contributed by atoms with Crippen LogP contribution in [0.25, 0.3) is 0 Å². The molecule has 0 spiro atoms. The number of aromatic nitrogens is 1. The molecule has 3 heterocycles. The molecule has 3 atom stereocenters. The largest absolute Gasteiger partial charge is 0.365 e. The summed E-state index contributed by atoms with van der Waals surface area (Å²) in [5.74, 6) is -1.46. The van der Waals surface area contributed by atoms with Crippen LogP contribution in [0.15, 0.2) is 48.7 Å². The van der Waals surface area contributed by atoms with Crippen LogP contribution in [-0.4, -0.2) is 53.2 Å². The number of nitrogens with one attached hydrogen (secondary N) is 1. The second kappa shape index (κ2) is 8.68. The first-order valence-corrected chi connectivity index (χ1v) is 10.9. The number of piperazine rings is 1. The summed E-state index contributed by atoms with van der Waals surface area (Å²) < 4.78 is 13.6. The Morgan fingerprint density at radius 2 is 2.06 bits per heavy atom. The van der Waals surface area contributed by atoms with Crippen LogP contribution in [0.5, 0.6) is 0 Å². The highest BCUT2D eigenvalue weighted by atomic mass is 19.1. The molecule has 2 aliphatic heterocycles. The number of ketones is 1. The molecule has 1 aromatic carbocycles. The van der Waals surface area contributed by atoms with Gasteiger partial charge in [-0.1, -0.05) is 19.1 Å². The van der Waals surface area contributed by atoms with Crippen molar-refractivity contribution in [3.05, 3.63) is 60.2 Å². The van der Waals surface area contributed by atoms with Gasteiger partial charge in [0.05, 0.1) is 12.1 Å². The third-order valence-corrected chi connectivity index (χ3v) is 6.37. The van der Waals surface area contributed by atoms with Crippen LogP contribution >= 0.6 is 0 Å². The van der Waals surface area contributed by atoms with Gasteiger partial charge in [0.15, 0.2) is 5.78 Å². The normalized spacial score (nSPS) is 24.4. The minimum absolute atomic E-state index is 0.0132. The van der Waals surface area contributed by atoms with E-state index in [1.807, 2.05) is 13.0 Å². The zero-order chi connectivity index (χ0) is 22.9. The summed E-state index contributed by atoms with van der Waals surface area (Å²) in [7, 11) is 0. The van der Waals surface area contributed by atoms with Gasteiger partial charge < -0.3 is 15.1 Å². The summed E-state index contributed by atoms with van der Waals surface area (Å²) in [6.07, 6.45) is 1.53. The highest BCUT2D eigenvalue weighted by molar-refractivity contribution is 6.10. The van der Waals surface area contributed by atoms with Crippen LogP contribution in [-0.2, 0) is 19.9 Å². The Morgan fingerprint density at radius 3 is 2.69 bits per heavy atom. The van der Waals surface area contributed by atoms with Crippen LogP contribution in [0.3, 0.4) is 0 Å². The SMILES string of the molecule is CC(CC1(c2ccccn2)NC(=O)CC1=O)C(=O)N1CCN(c2cccc(F)c2)[C@@H](C)C1. The van der Waals surface area contributed by atoms with E-state index in [1.165, 1.54) is 12.1 Å². The number of amides is 2. The monoisotopic (exact) mass is 438 g/mol. The number of hydrogen-bond donors (Lipinski definition) is 1. The van der Waals surface area contributed by atoms with Crippen LogP contribution in [0.2, 0.25) is 0 Å². The third kappa shape index (κ3) is 4.09. The number of hydrogen-bond acceptors (Lipinski definition) is 5. The van der Waals surface area contributed by atoms with Crippen LogP contribution in [0.4, 0.5) is 10.1 Å². The lowest BCUT2D eigenvalue weighted by Gasteiger charge is -2.42. The predicted molar refractivity (Wildman–Crippen MR) is 117 cm³/mol. The first kappa shape index (κ1) is 21.9. The molecule has 2 saturated heterocycles. The molecule has 0 bridgehead atoms. The zero-order valence-electron chi connectivity index (χ0n) is 18.3. The number of nitrogens with zero attached hydrogens (tertiary/aromatic N) is 3. The Kier molecular flexibility index (Phi) is 5.95. The van der Waals surface area contributed by atoms with E-state index >= 15 is 0 Å². The van der Waals surface area contributed by atoms with Crippen molar-refractivity contribution >= 4 is 23.3 Å². The van der Waals surface area contributed by atoms with Crippen molar-refractivity contribution in [2.45, 2.75) is 38.3 Å². The highest BCUT2D eigenvalue weighted by Gasteiger charge is 2.50. The van der Waals surface area contributed by atoms with Crippen molar-refractivity contribution in [1.29, 1.82) is 0 Å². The number of carbonyl (C=O) groups excluding carboxylic acids is 3. The predicted octanol–water partition coefficient (Wildman–Crippen LogP) is 2.27. The molecule has 8 heteroatoms. The van der Waals surface area contributed by atoms with E-state index in [0.29, 0.717) is 25.3 Å². The van der Waals surface area contributed by atoms with Crippen molar-refractivity contribution in [1.82, 2.24) is 15.2 Å². The maximum atomic E-state index is 13.6. The zero-order valence-corrected chi connectivity index (χ0v) is 18.3. The lowest BCUT2D eigenvalue weighted by atomic mass is 9.82. The minimum Gasteiger partial charge on any atom is -0.365 e. The molecule has 2 unspecified atom stereocenters. The first-order valence-electron chi connectivity index (χ1n) is 10.9. The van der Waals surface area contributed by atoms with E-state index in [0.717, 1.165) is 5.69 Å². The van der Waals surface area contributed by atoms with E-state index < -0.39 is 11.5 Å². The van der Waals surface area contributed by atoms with Gasteiger partial charge in [0.2, 0.25) is 11.8 Å². The molecule has 0 radical (unpaired) electrons. The number of pyridine rings is 1. The van der Waals surface area contributed by atoms with E-state index in [4.69, 9.17) is 0 Å². The second-order valence-corrected chi connectivity index (χ2v) is 8.68. The lowest BCUT2D eigenvalue weighted by molar-refractivity contribution is -0.137. The van der Waals surface area contributed by atoms with Crippen molar-refractivity contribution < 1.29 is 18.8 Å². The molecule has 2 amide bonds. The standard InChI is InChI=1S/C24H27FN4O3/c1-16(14-24(20-8-3-4-9-26-20)21(30)13-22(31)27-24)23(32)28-10-11-29(17(2)15-28)19-7-5-6-18(25)12-19/h3-9,12,16-17H,10-11,13-15H2,1-2H3,(H,27,31)/t16?,17-,24?/m0/s1. The van der Waals surface area contributed by atoms with E-state index in [1.54, 1.807) is 42.3 Å². The fraction of sp³-hybridized carbons (Fsp3) is 0.417. The molecule has 1 N–H and O–H groups in total. The van der Waals surface area contributed by atoms with Crippen LogP contribution < -0.4 is 10.2 Å². The Balaban J connectivity index is 1.48. The van der Waals surface area contributed by atoms with Crippen molar-refractivity contribution in [2.24, 2.45) is 5.92 Å². The van der Waals surface area contributed by atoms with Gasteiger partial charge >= 0.3 is 0 Å². The second-order valence-electron chi connectivity index (χ2n) is 8.68. The van der Waals surface area contributed by atoms with Gasteiger partial charge in [-0.25, -0.2) is 4.39 Å². The summed E-state index contributed by atoms with van der Waals surface area (Å²) in [6, 6.07) is 11.7. The van der Waals surface area contributed by atoms with E-state index in [-0.39, 0.29) is 42.3 Å². The summed E-state index contributed by atoms with van der Waals surface area (Å²) >= 11 is 0. The molecule has 0 saturated carbocycles. The molecule has 0 aliphatic carbocycles. The van der Waals surface area contributed by atoms with Gasteiger partial charge in [-0.15, -0.1) is 0 Å². The van der Waals surface area contributed by atoms with Crippen molar-refractivity contribution in [3.8, 4) is 0 Å². The van der Waals surface area contributed by atoms with Gasteiger partial charge in [0.25, 0.3) is 0 Å². The van der Waals surface area contributed by atoms with Gasteiger partial charge in [-0.2, -0.15) is 0 Å². The molecule has 2 aromatic rings. The Labute approximate surface area is 186 Å².